The van der Waals surface area contributed by atoms with Gasteiger partial charge in [-0.2, -0.15) is 0 Å². The molecule has 0 radical (unpaired) electrons. The SMILES string of the molecule is N=C(N)C1(c2ccc(Cl)cc2)C2CC3CC(C2)CC1C3. The smallest absolute Gasteiger partial charge is 0.102 e. The highest BCUT2D eigenvalue weighted by Crippen LogP contribution is 2.62. The van der Waals surface area contributed by atoms with Crippen LogP contribution in [-0.4, -0.2) is 5.84 Å². The number of rotatable bonds is 2. The van der Waals surface area contributed by atoms with Crippen molar-refractivity contribution in [3.8, 4) is 0 Å². The third-order valence-corrected chi connectivity index (χ3v) is 6.45. The Morgan fingerprint density at radius 2 is 1.50 bits per heavy atom. The van der Waals surface area contributed by atoms with Gasteiger partial charge in [0, 0.05) is 5.02 Å². The molecule has 106 valence electrons. The highest BCUT2D eigenvalue weighted by Gasteiger charge is 2.59. The highest BCUT2D eigenvalue weighted by atomic mass is 35.5. The molecular weight excluding hydrogens is 268 g/mol. The van der Waals surface area contributed by atoms with Gasteiger partial charge in [0.05, 0.1) is 5.41 Å². The Hall–Kier alpha value is -1.02. The fourth-order valence-corrected chi connectivity index (χ4v) is 5.85. The summed E-state index contributed by atoms with van der Waals surface area (Å²) in [6.45, 7) is 0. The molecule has 2 nitrogen and oxygen atoms in total. The molecule has 0 amide bonds. The lowest BCUT2D eigenvalue weighted by Crippen LogP contribution is -2.61. The quantitative estimate of drug-likeness (QED) is 0.628. The summed E-state index contributed by atoms with van der Waals surface area (Å²) in [5.41, 5.74) is 7.19. The van der Waals surface area contributed by atoms with Crippen LogP contribution in [0.2, 0.25) is 5.02 Å². The largest absolute Gasteiger partial charge is 0.387 e. The molecule has 0 atom stereocenters. The molecule has 0 aromatic heterocycles. The minimum absolute atomic E-state index is 0.210. The molecule has 4 bridgehead atoms. The summed E-state index contributed by atoms with van der Waals surface area (Å²) in [7, 11) is 0. The van der Waals surface area contributed by atoms with Crippen molar-refractivity contribution in [2.45, 2.75) is 37.5 Å². The van der Waals surface area contributed by atoms with Crippen LogP contribution >= 0.6 is 11.6 Å². The number of amidine groups is 1. The second kappa shape index (κ2) is 4.24. The van der Waals surface area contributed by atoms with Crippen molar-refractivity contribution >= 4 is 17.4 Å². The lowest BCUT2D eigenvalue weighted by Gasteiger charge is -2.61. The molecule has 3 N–H and O–H groups in total. The third-order valence-electron chi connectivity index (χ3n) is 6.19. The fourth-order valence-electron chi connectivity index (χ4n) is 5.72. The van der Waals surface area contributed by atoms with E-state index in [1.807, 2.05) is 12.1 Å². The van der Waals surface area contributed by atoms with Crippen molar-refractivity contribution < 1.29 is 0 Å². The Balaban J connectivity index is 1.85. The van der Waals surface area contributed by atoms with Gasteiger partial charge in [0.15, 0.2) is 0 Å². The first kappa shape index (κ1) is 12.7. The first-order chi connectivity index (χ1) is 9.60. The van der Waals surface area contributed by atoms with Crippen LogP contribution in [0, 0.1) is 29.1 Å². The fraction of sp³-hybridized carbons (Fsp3) is 0.588. The molecule has 1 aromatic rings. The summed E-state index contributed by atoms with van der Waals surface area (Å²) in [4.78, 5) is 0. The van der Waals surface area contributed by atoms with Gasteiger partial charge in [-0.05, 0) is 73.5 Å². The molecule has 4 aliphatic carbocycles. The van der Waals surface area contributed by atoms with Gasteiger partial charge in [-0.25, -0.2) is 0 Å². The zero-order chi connectivity index (χ0) is 13.9. The summed E-state index contributed by atoms with van der Waals surface area (Å²) in [6.07, 6.45) is 6.45. The van der Waals surface area contributed by atoms with Crippen molar-refractivity contribution in [3.63, 3.8) is 0 Å². The molecule has 0 unspecified atom stereocenters. The van der Waals surface area contributed by atoms with Gasteiger partial charge in [-0.15, -0.1) is 0 Å². The molecule has 0 aliphatic heterocycles. The average Bonchev–Trinajstić information content (AvgIpc) is 2.39. The van der Waals surface area contributed by atoms with Crippen molar-refractivity contribution in [1.29, 1.82) is 5.41 Å². The van der Waals surface area contributed by atoms with Crippen LogP contribution < -0.4 is 5.73 Å². The van der Waals surface area contributed by atoms with Crippen molar-refractivity contribution in [1.82, 2.24) is 0 Å². The molecule has 4 fully saturated rings. The van der Waals surface area contributed by atoms with Gasteiger partial charge in [0.2, 0.25) is 0 Å². The van der Waals surface area contributed by atoms with E-state index in [-0.39, 0.29) is 5.41 Å². The number of halogens is 1. The maximum Gasteiger partial charge on any atom is 0.102 e. The minimum Gasteiger partial charge on any atom is -0.387 e. The number of benzene rings is 1. The van der Waals surface area contributed by atoms with E-state index in [9.17, 15) is 0 Å². The minimum atomic E-state index is -0.210. The summed E-state index contributed by atoms with van der Waals surface area (Å²) in [6, 6.07) is 8.11. The molecule has 0 spiro atoms. The van der Waals surface area contributed by atoms with Crippen LogP contribution in [0.4, 0.5) is 0 Å². The summed E-state index contributed by atoms with van der Waals surface area (Å²) in [5, 5.41) is 9.11. The topological polar surface area (TPSA) is 49.9 Å². The normalized spacial score (nSPS) is 41.9. The molecule has 0 heterocycles. The van der Waals surface area contributed by atoms with Gasteiger partial charge in [-0.1, -0.05) is 23.7 Å². The standard InChI is InChI=1S/C17H21ClN2/c18-15-3-1-12(2-4-15)17(16(19)20)13-6-10-5-11(8-13)9-14(17)7-10/h1-4,10-11,13-14H,5-9H2,(H3,19,20). The van der Waals surface area contributed by atoms with Crippen LogP contribution in [0.3, 0.4) is 0 Å². The average molecular weight is 289 g/mol. The van der Waals surface area contributed by atoms with E-state index < -0.39 is 0 Å². The van der Waals surface area contributed by atoms with E-state index in [0.29, 0.717) is 17.7 Å². The monoisotopic (exact) mass is 288 g/mol. The van der Waals surface area contributed by atoms with Crippen molar-refractivity contribution in [2.24, 2.45) is 29.4 Å². The molecule has 5 rings (SSSR count). The van der Waals surface area contributed by atoms with E-state index in [2.05, 4.69) is 12.1 Å². The van der Waals surface area contributed by atoms with Crippen LogP contribution in [0.15, 0.2) is 24.3 Å². The van der Waals surface area contributed by atoms with E-state index in [1.54, 1.807) is 0 Å². The number of nitrogens with one attached hydrogen (secondary N) is 1. The summed E-state index contributed by atoms with van der Waals surface area (Å²) in [5.74, 6) is 3.29. The predicted molar refractivity (Wildman–Crippen MR) is 82.1 cm³/mol. The van der Waals surface area contributed by atoms with Gasteiger partial charge in [0.25, 0.3) is 0 Å². The van der Waals surface area contributed by atoms with E-state index in [0.717, 1.165) is 16.9 Å². The molecular formula is C17H21ClN2. The second-order valence-electron chi connectivity index (χ2n) is 7.09. The van der Waals surface area contributed by atoms with Gasteiger partial charge < -0.3 is 5.73 Å². The van der Waals surface area contributed by atoms with E-state index in [1.165, 1.54) is 37.7 Å². The predicted octanol–water partition coefficient (Wildman–Crippen LogP) is 3.97. The van der Waals surface area contributed by atoms with E-state index >= 15 is 0 Å². The molecule has 0 saturated heterocycles. The number of nitrogens with two attached hydrogens (primary N) is 1. The van der Waals surface area contributed by atoms with Crippen LogP contribution in [0.25, 0.3) is 0 Å². The zero-order valence-corrected chi connectivity index (χ0v) is 12.4. The lowest BCUT2D eigenvalue weighted by molar-refractivity contribution is -0.0300. The number of hydrogen-bond donors (Lipinski definition) is 2. The summed E-state index contributed by atoms with van der Waals surface area (Å²) >= 11 is 6.04. The van der Waals surface area contributed by atoms with Crippen molar-refractivity contribution in [3.05, 3.63) is 34.9 Å². The molecule has 20 heavy (non-hydrogen) atoms. The maximum atomic E-state index is 8.35. The molecule has 4 saturated carbocycles. The van der Waals surface area contributed by atoms with Gasteiger partial charge in [-0.3, -0.25) is 5.41 Å². The molecule has 3 heteroatoms. The highest BCUT2D eigenvalue weighted by molar-refractivity contribution is 6.30. The van der Waals surface area contributed by atoms with Crippen LogP contribution in [0.1, 0.15) is 37.7 Å². The Bertz CT molecular complexity index is 521. The second-order valence-corrected chi connectivity index (χ2v) is 7.53. The Morgan fingerprint density at radius 3 is 1.95 bits per heavy atom. The molecule has 1 aromatic carbocycles. The first-order valence-electron chi connectivity index (χ1n) is 7.71. The zero-order valence-electron chi connectivity index (χ0n) is 11.6. The third kappa shape index (κ3) is 1.54. The Kier molecular flexibility index (Phi) is 2.69. The Morgan fingerprint density at radius 1 is 1.00 bits per heavy atom. The molecule has 4 aliphatic rings. The number of hydrogen-bond acceptors (Lipinski definition) is 1. The van der Waals surface area contributed by atoms with E-state index in [4.69, 9.17) is 22.7 Å². The van der Waals surface area contributed by atoms with Crippen molar-refractivity contribution in [2.75, 3.05) is 0 Å². The Labute approximate surface area is 125 Å². The van der Waals surface area contributed by atoms with Gasteiger partial charge >= 0.3 is 0 Å². The maximum absolute atomic E-state index is 8.35. The van der Waals surface area contributed by atoms with Crippen LogP contribution in [-0.2, 0) is 5.41 Å². The lowest BCUT2D eigenvalue weighted by atomic mass is 9.43. The first-order valence-corrected chi connectivity index (χ1v) is 8.09. The van der Waals surface area contributed by atoms with Crippen LogP contribution in [0.5, 0.6) is 0 Å². The summed E-state index contributed by atoms with van der Waals surface area (Å²) < 4.78 is 0. The van der Waals surface area contributed by atoms with Gasteiger partial charge in [0.1, 0.15) is 5.84 Å².